The van der Waals surface area contributed by atoms with E-state index in [0.717, 1.165) is 0 Å². The highest BCUT2D eigenvalue weighted by Gasteiger charge is 2.54. The molecule has 1 saturated heterocycles. The molecule has 17 atom stereocenters. The molecule has 2 rings (SSSR count). The minimum absolute atomic E-state index is 0.0234. The lowest BCUT2D eigenvalue weighted by Gasteiger charge is -2.49. The van der Waals surface area contributed by atoms with E-state index in [1.165, 1.54) is 13.8 Å². The van der Waals surface area contributed by atoms with Gasteiger partial charge in [-0.2, -0.15) is 0 Å². The number of carbonyl (C=O) groups excluding carboxylic acids is 1. The van der Waals surface area contributed by atoms with Gasteiger partial charge in [0.25, 0.3) is 0 Å². The van der Waals surface area contributed by atoms with E-state index in [4.69, 9.17) is 30.1 Å². The normalized spacial score (nSPS) is 34.3. The Morgan fingerprint density at radius 2 is 1.73 bits per heavy atom. The first-order chi connectivity index (χ1) is 24.1. The molecule has 2 fully saturated rings. The van der Waals surface area contributed by atoms with Crippen LogP contribution < -0.4 is 0 Å². The van der Waals surface area contributed by atoms with Gasteiger partial charge in [-0.3, -0.25) is 0 Å². The predicted octanol–water partition coefficient (Wildman–Crippen LogP) is -5.97. The van der Waals surface area contributed by atoms with Gasteiger partial charge < -0.3 is 89.8 Å². The van der Waals surface area contributed by atoms with Crippen molar-refractivity contribution >= 4 is 6.29 Å². The van der Waals surface area contributed by atoms with Gasteiger partial charge in [0.2, 0.25) is 0 Å². The summed E-state index contributed by atoms with van der Waals surface area (Å²) in [6.07, 6.45) is -19.3. The van der Waals surface area contributed by atoms with Gasteiger partial charge in [-0.15, -0.1) is 18.1 Å². The second-order valence-corrected chi connectivity index (χ2v) is 12.2. The van der Waals surface area contributed by atoms with Crippen molar-refractivity contribution < 1.29 is 89.8 Å². The van der Waals surface area contributed by atoms with Crippen LogP contribution in [0.5, 0.6) is 0 Å². The molecule has 0 spiro atoms. The molecule has 0 radical (unpaired) electrons. The molecule has 2 aliphatic rings. The Morgan fingerprint density at radius 3 is 2.24 bits per heavy atom. The summed E-state index contributed by atoms with van der Waals surface area (Å²) in [5.74, 6) is 4.60. The Kier molecular flexibility index (Phi) is 18.2. The molecule has 0 aromatic rings. The fourth-order valence-corrected chi connectivity index (χ4v) is 5.91. The highest BCUT2D eigenvalue weighted by atomic mass is 16.7. The fraction of sp³-hybridized carbons (Fsp3) is 0.758. The zero-order valence-corrected chi connectivity index (χ0v) is 28.2. The van der Waals surface area contributed by atoms with Gasteiger partial charge in [-0.1, -0.05) is 18.4 Å². The van der Waals surface area contributed by atoms with Gasteiger partial charge in [0.1, 0.15) is 66.6 Å². The topological polar surface area (TPSA) is 306 Å². The maximum atomic E-state index is 11.6. The SMILES string of the molecule is C#C[C@@H](C(O)C#CC)[C@H](O)[C@@H](OCCO)O[C@H]1C(O)C(O)[C@H](O[C@H]2C(=C=C)[C@](C)(O)C(O[C@@H](C(O)C(O)C=O)[C@@H](O)CO)CC2CO)O[C@H]1CO. The molecule has 290 valence electrons. The predicted molar refractivity (Wildman–Crippen MR) is 170 cm³/mol. The van der Waals surface area contributed by atoms with Crippen LogP contribution in [-0.4, -0.2) is 192 Å². The number of aliphatic hydroxyl groups is 12. The third kappa shape index (κ3) is 10.6. The van der Waals surface area contributed by atoms with Crippen molar-refractivity contribution in [3.05, 3.63) is 17.9 Å². The van der Waals surface area contributed by atoms with Crippen molar-refractivity contribution in [2.24, 2.45) is 11.8 Å². The number of carbonyl (C=O) groups is 1. The van der Waals surface area contributed by atoms with E-state index < -0.39 is 136 Å². The Morgan fingerprint density at radius 1 is 1.06 bits per heavy atom. The van der Waals surface area contributed by atoms with Crippen LogP contribution in [0.25, 0.3) is 0 Å². The molecule has 0 amide bonds. The monoisotopic (exact) mass is 734 g/mol. The first kappa shape index (κ1) is 44.8. The van der Waals surface area contributed by atoms with Gasteiger partial charge in [0, 0.05) is 18.1 Å². The maximum absolute atomic E-state index is 11.6. The Labute approximate surface area is 294 Å². The van der Waals surface area contributed by atoms with Crippen molar-refractivity contribution in [2.45, 2.75) is 112 Å². The van der Waals surface area contributed by atoms with Crippen molar-refractivity contribution in [1.29, 1.82) is 0 Å². The highest BCUT2D eigenvalue weighted by Crippen LogP contribution is 2.42. The molecule has 0 bridgehead atoms. The summed E-state index contributed by atoms with van der Waals surface area (Å²) in [6, 6.07) is 0. The van der Waals surface area contributed by atoms with Gasteiger partial charge in [0.15, 0.2) is 18.9 Å². The number of hydrogen-bond donors (Lipinski definition) is 12. The number of aliphatic hydroxyl groups excluding tert-OH is 11. The molecule has 0 aromatic heterocycles. The Bertz CT molecular complexity index is 1240. The molecule has 51 heavy (non-hydrogen) atoms. The van der Waals surface area contributed by atoms with E-state index in [0.29, 0.717) is 0 Å². The second kappa shape index (κ2) is 20.8. The lowest BCUT2D eigenvalue weighted by atomic mass is 9.72. The number of rotatable bonds is 19. The van der Waals surface area contributed by atoms with Crippen molar-refractivity contribution in [1.82, 2.24) is 0 Å². The summed E-state index contributed by atoms with van der Waals surface area (Å²) in [4.78, 5) is 11.1. The summed E-state index contributed by atoms with van der Waals surface area (Å²) in [7, 11) is 0. The van der Waals surface area contributed by atoms with E-state index in [-0.39, 0.29) is 18.3 Å². The molecular formula is C33H50O18. The van der Waals surface area contributed by atoms with Gasteiger partial charge in [-0.05, 0) is 20.3 Å². The van der Waals surface area contributed by atoms with Crippen LogP contribution in [0.4, 0.5) is 0 Å². The van der Waals surface area contributed by atoms with Crippen LogP contribution in [0, 0.1) is 36.0 Å². The van der Waals surface area contributed by atoms with Crippen molar-refractivity contribution in [3.63, 3.8) is 0 Å². The van der Waals surface area contributed by atoms with Crippen LogP contribution in [0.3, 0.4) is 0 Å². The number of hydrogen-bond acceptors (Lipinski definition) is 18. The van der Waals surface area contributed by atoms with Crippen molar-refractivity contribution in [3.8, 4) is 24.2 Å². The van der Waals surface area contributed by atoms with Gasteiger partial charge in [0.05, 0.1) is 44.6 Å². The van der Waals surface area contributed by atoms with Crippen LogP contribution in [-0.2, 0) is 28.5 Å². The Balaban J connectivity index is 2.37. The van der Waals surface area contributed by atoms with E-state index in [1.807, 2.05) is 0 Å². The van der Waals surface area contributed by atoms with Crippen LogP contribution in [0.15, 0.2) is 17.9 Å². The zero-order valence-electron chi connectivity index (χ0n) is 28.2. The van der Waals surface area contributed by atoms with Crippen LogP contribution in [0.2, 0.25) is 0 Å². The molecule has 1 aliphatic carbocycles. The third-order valence-electron chi connectivity index (χ3n) is 8.78. The fourth-order valence-electron chi connectivity index (χ4n) is 5.91. The lowest BCUT2D eigenvalue weighted by molar-refractivity contribution is -0.345. The quantitative estimate of drug-likeness (QED) is 0.0254. The zero-order chi connectivity index (χ0) is 38.6. The summed E-state index contributed by atoms with van der Waals surface area (Å²) in [6.45, 7) is 2.73. The smallest absolute Gasteiger partial charge is 0.187 e. The summed E-state index contributed by atoms with van der Waals surface area (Å²) in [5.41, 5.74) is 0.167. The molecule has 18 heteroatoms. The van der Waals surface area contributed by atoms with Gasteiger partial charge >= 0.3 is 0 Å². The maximum Gasteiger partial charge on any atom is 0.187 e. The van der Waals surface area contributed by atoms with Crippen molar-refractivity contribution in [2.75, 3.05) is 33.0 Å². The van der Waals surface area contributed by atoms with Gasteiger partial charge in [-0.25, -0.2) is 0 Å². The minimum Gasteiger partial charge on any atom is -0.396 e. The standard InChI is InChI=1S/C33H50O18/c1-5-8-19(39)17(6-2)24(42)31(47-10-9-34)51-30-22(15-38)48-32(27(45)26(30)44)50-28-16(12-35)11-23(33(4,46)18(28)7-3)49-29(21(41)14-37)25(43)20(40)13-36/h2,13,16-17,19-32,34-35,37-46H,3,9-12,14-15H2,1,4H3/t16?,17-,19?,20?,21-,22-,23?,24-,25?,26?,27?,28+,29+,30+,31-,32-,33-/m0/s1. The minimum atomic E-state index is -2.13. The van der Waals surface area contributed by atoms with E-state index in [9.17, 15) is 66.1 Å². The number of terminal acetylenes is 1. The average molecular weight is 735 g/mol. The second-order valence-electron chi connectivity index (χ2n) is 12.2. The highest BCUT2D eigenvalue weighted by molar-refractivity contribution is 5.56. The van der Waals surface area contributed by atoms with E-state index >= 15 is 0 Å². The first-order valence-electron chi connectivity index (χ1n) is 16.0. The molecule has 7 unspecified atom stereocenters. The van der Waals surface area contributed by atoms with E-state index in [2.05, 4.69) is 30.1 Å². The number of ether oxygens (including phenoxy) is 5. The molecular weight excluding hydrogens is 684 g/mol. The summed E-state index contributed by atoms with van der Waals surface area (Å²) in [5, 5.41) is 125. The molecule has 1 aliphatic heterocycles. The lowest BCUT2D eigenvalue weighted by Crippen LogP contribution is -2.64. The molecule has 0 aromatic carbocycles. The van der Waals surface area contributed by atoms with Crippen LogP contribution >= 0.6 is 0 Å². The summed E-state index contributed by atoms with van der Waals surface area (Å²) >= 11 is 0. The molecule has 18 nitrogen and oxygen atoms in total. The Hall–Kier alpha value is -2.37. The van der Waals surface area contributed by atoms with Crippen LogP contribution in [0.1, 0.15) is 20.3 Å². The molecule has 1 saturated carbocycles. The first-order valence-corrected chi connectivity index (χ1v) is 16.0. The average Bonchev–Trinajstić information content (AvgIpc) is 3.11. The number of aldehydes is 1. The summed E-state index contributed by atoms with van der Waals surface area (Å²) < 4.78 is 28.5. The molecule has 12 N–H and O–H groups in total. The molecule has 1 heterocycles. The third-order valence-corrected chi connectivity index (χ3v) is 8.78. The largest absolute Gasteiger partial charge is 0.396 e. The van der Waals surface area contributed by atoms with E-state index in [1.54, 1.807) is 0 Å².